The fraction of sp³-hybridized carbons (Fsp3) is 0.312. The Morgan fingerprint density at radius 3 is 2.33 bits per heavy atom. The van der Waals surface area contributed by atoms with Crippen LogP contribution in [0.1, 0.15) is 21.9 Å². The first-order chi connectivity index (χ1) is 11.1. The SMILES string of the molecule is Cc1ccc(S(=O)(=O)[C@H](CNS(C)(=O)=O)c2cccnc2)cc1C. The van der Waals surface area contributed by atoms with Gasteiger partial charge in [0, 0.05) is 18.9 Å². The molecule has 1 atom stereocenters. The normalized spacial score (nSPS) is 13.6. The third kappa shape index (κ3) is 4.40. The van der Waals surface area contributed by atoms with Crippen LogP contribution < -0.4 is 4.72 Å². The van der Waals surface area contributed by atoms with Crippen molar-refractivity contribution in [3.05, 3.63) is 59.4 Å². The van der Waals surface area contributed by atoms with Crippen molar-refractivity contribution in [2.45, 2.75) is 24.0 Å². The zero-order valence-electron chi connectivity index (χ0n) is 13.7. The molecule has 130 valence electrons. The van der Waals surface area contributed by atoms with Crippen LogP contribution in [-0.4, -0.2) is 34.6 Å². The molecule has 2 aromatic rings. The third-order valence-corrected chi connectivity index (χ3v) is 6.56. The van der Waals surface area contributed by atoms with Gasteiger partial charge in [0.1, 0.15) is 5.25 Å². The Morgan fingerprint density at radius 1 is 1.08 bits per heavy atom. The molecule has 0 bridgehead atoms. The van der Waals surface area contributed by atoms with Gasteiger partial charge < -0.3 is 0 Å². The highest BCUT2D eigenvalue weighted by Crippen LogP contribution is 2.29. The number of benzene rings is 1. The molecule has 0 aliphatic heterocycles. The lowest BCUT2D eigenvalue weighted by molar-refractivity contribution is 0.571. The first kappa shape index (κ1) is 18.6. The third-order valence-electron chi connectivity index (χ3n) is 3.77. The Kier molecular flexibility index (Phi) is 5.42. The van der Waals surface area contributed by atoms with Gasteiger partial charge in [-0.2, -0.15) is 0 Å². The van der Waals surface area contributed by atoms with Crippen molar-refractivity contribution in [3.8, 4) is 0 Å². The first-order valence-electron chi connectivity index (χ1n) is 7.27. The van der Waals surface area contributed by atoms with Crippen molar-refractivity contribution < 1.29 is 16.8 Å². The fourth-order valence-corrected chi connectivity index (χ4v) is 4.56. The molecular weight excluding hydrogens is 348 g/mol. The van der Waals surface area contributed by atoms with Crippen LogP contribution in [0, 0.1) is 13.8 Å². The maximum absolute atomic E-state index is 13.1. The van der Waals surface area contributed by atoms with Gasteiger partial charge >= 0.3 is 0 Å². The van der Waals surface area contributed by atoms with E-state index in [1.165, 1.54) is 12.4 Å². The molecule has 24 heavy (non-hydrogen) atoms. The van der Waals surface area contributed by atoms with E-state index in [2.05, 4.69) is 9.71 Å². The van der Waals surface area contributed by atoms with E-state index in [1.54, 1.807) is 30.3 Å². The van der Waals surface area contributed by atoms with Crippen molar-refractivity contribution in [3.63, 3.8) is 0 Å². The molecule has 1 aromatic heterocycles. The molecule has 2 rings (SSSR count). The Labute approximate surface area is 142 Å². The van der Waals surface area contributed by atoms with Gasteiger partial charge in [0.05, 0.1) is 11.2 Å². The standard InChI is InChI=1S/C16H20N2O4S2/c1-12-6-7-15(9-13(12)2)24(21,22)16(11-18-23(3,19)20)14-5-4-8-17-10-14/h4-10,16,18H,11H2,1-3H3/t16-/m1/s1. The summed E-state index contributed by atoms with van der Waals surface area (Å²) in [4.78, 5) is 4.11. The molecule has 1 N–H and O–H groups in total. The number of sulfone groups is 1. The van der Waals surface area contributed by atoms with Gasteiger partial charge in [-0.3, -0.25) is 4.98 Å². The zero-order valence-corrected chi connectivity index (χ0v) is 15.4. The zero-order chi connectivity index (χ0) is 18.0. The molecule has 0 amide bonds. The maximum Gasteiger partial charge on any atom is 0.208 e. The van der Waals surface area contributed by atoms with Gasteiger partial charge in [0.15, 0.2) is 9.84 Å². The maximum atomic E-state index is 13.1. The quantitative estimate of drug-likeness (QED) is 0.839. The first-order valence-corrected chi connectivity index (χ1v) is 10.7. The molecule has 0 aliphatic rings. The molecule has 0 fully saturated rings. The number of pyridine rings is 1. The number of hydrogen-bond acceptors (Lipinski definition) is 5. The van der Waals surface area contributed by atoms with Crippen LogP contribution in [0.4, 0.5) is 0 Å². The summed E-state index contributed by atoms with van der Waals surface area (Å²) < 4.78 is 51.2. The largest absolute Gasteiger partial charge is 0.264 e. The summed E-state index contributed by atoms with van der Waals surface area (Å²) >= 11 is 0. The highest BCUT2D eigenvalue weighted by Gasteiger charge is 2.30. The van der Waals surface area contributed by atoms with Crippen molar-refractivity contribution in [2.24, 2.45) is 0 Å². The summed E-state index contributed by atoms with van der Waals surface area (Å²) in [6.07, 6.45) is 3.97. The average molecular weight is 368 g/mol. The molecule has 0 unspecified atom stereocenters. The molecule has 1 aromatic carbocycles. The van der Waals surface area contributed by atoms with E-state index in [-0.39, 0.29) is 11.4 Å². The predicted octanol–water partition coefficient (Wildman–Crippen LogP) is 1.76. The highest BCUT2D eigenvalue weighted by atomic mass is 32.2. The van der Waals surface area contributed by atoms with Crippen molar-refractivity contribution >= 4 is 19.9 Å². The van der Waals surface area contributed by atoms with Crippen LogP contribution in [0.15, 0.2) is 47.6 Å². The van der Waals surface area contributed by atoms with Crippen LogP contribution in [-0.2, 0) is 19.9 Å². The van der Waals surface area contributed by atoms with Crippen molar-refractivity contribution in [1.82, 2.24) is 9.71 Å². The lowest BCUT2D eigenvalue weighted by Crippen LogP contribution is -2.31. The van der Waals surface area contributed by atoms with Crippen LogP contribution in [0.25, 0.3) is 0 Å². The Balaban J connectivity index is 2.50. The topological polar surface area (TPSA) is 93.2 Å². The van der Waals surface area contributed by atoms with Gasteiger partial charge in [0.2, 0.25) is 10.0 Å². The Morgan fingerprint density at radius 2 is 1.79 bits per heavy atom. The lowest BCUT2D eigenvalue weighted by Gasteiger charge is -2.18. The molecule has 0 aliphatic carbocycles. The molecule has 1 heterocycles. The second kappa shape index (κ2) is 7.00. The van der Waals surface area contributed by atoms with E-state index in [9.17, 15) is 16.8 Å². The highest BCUT2D eigenvalue weighted by molar-refractivity contribution is 7.92. The number of nitrogens with one attached hydrogen (secondary N) is 1. The molecule has 0 saturated heterocycles. The smallest absolute Gasteiger partial charge is 0.208 e. The van der Waals surface area contributed by atoms with E-state index in [1.807, 2.05) is 13.8 Å². The summed E-state index contributed by atoms with van der Waals surface area (Å²) in [7, 11) is -7.30. The lowest BCUT2D eigenvalue weighted by atomic mass is 10.1. The van der Waals surface area contributed by atoms with E-state index in [0.717, 1.165) is 17.4 Å². The minimum atomic E-state index is -3.78. The van der Waals surface area contributed by atoms with E-state index >= 15 is 0 Å². The van der Waals surface area contributed by atoms with Gasteiger partial charge in [-0.25, -0.2) is 21.6 Å². The van der Waals surface area contributed by atoms with Crippen LogP contribution in [0.2, 0.25) is 0 Å². The molecule has 0 saturated carbocycles. The van der Waals surface area contributed by atoms with E-state index < -0.39 is 25.1 Å². The number of aryl methyl sites for hydroxylation is 2. The number of sulfonamides is 1. The predicted molar refractivity (Wildman–Crippen MR) is 92.9 cm³/mol. The number of hydrogen-bond donors (Lipinski definition) is 1. The number of nitrogens with zero attached hydrogens (tertiary/aromatic N) is 1. The summed E-state index contributed by atoms with van der Waals surface area (Å²) in [5.41, 5.74) is 2.28. The van der Waals surface area contributed by atoms with Crippen LogP contribution in [0.3, 0.4) is 0 Å². The summed E-state index contributed by atoms with van der Waals surface area (Å²) in [5.74, 6) is 0. The van der Waals surface area contributed by atoms with Crippen LogP contribution in [0.5, 0.6) is 0 Å². The summed E-state index contributed by atoms with van der Waals surface area (Å²) in [6, 6.07) is 8.14. The molecular formula is C16H20N2O4S2. The van der Waals surface area contributed by atoms with Crippen molar-refractivity contribution in [1.29, 1.82) is 0 Å². The Hall–Kier alpha value is -1.77. The van der Waals surface area contributed by atoms with Gasteiger partial charge in [0.25, 0.3) is 0 Å². The number of aromatic nitrogens is 1. The summed E-state index contributed by atoms with van der Waals surface area (Å²) in [6.45, 7) is 3.48. The average Bonchev–Trinajstić information content (AvgIpc) is 2.49. The second-order valence-corrected chi connectivity index (χ2v) is 9.65. The molecule has 8 heteroatoms. The van der Waals surface area contributed by atoms with Gasteiger partial charge in [-0.15, -0.1) is 0 Å². The molecule has 6 nitrogen and oxygen atoms in total. The molecule has 0 spiro atoms. The van der Waals surface area contributed by atoms with Crippen LogP contribution >= 0.6 is 0 Å². The monoisotopic (exact) mass is 368 g/mol. The van der Waals surface area contributed by atoms with Gasteiger partial charge in [-0.05, 0) is 48.7 Å². The van der Waals surface area contributed by atoms with E-state index in [4.69, 9.17) is 0 Å². The fourth-order valence-electron chi connectivity index (χ4n) is 2.26. The Bertz CT molecular complexity index is 924. The summed E-state index contributed by atoms with van der Waals surface area (Å²) in [5, 5.41) is -1.05. The van der Waals surface area contributed by atoms with Gasteiger partial charge in [-0.1, -0.05) is 12.1 Å². The molecule has 0 radical (unpaired) electrons. The minimum Gasteiger partial charge on any atom is -0.264 e. The number of rotatable bonds is 6. The minimum absolute atomic E-state index is 0.162. The second-order valence-electron chi connectivity index (χ2n) is 5.69. The van der Waals surface area contributed by atoms with E-state index in [0.29, 0.717) is 5.56 Å². The van der Waals surface area contributed by atoms with Crippen molar-refractivity contribution in [2.75, 3.05) is 12.8 Å².